The molecule has 0 heterocycles. The molecule has 3 nitrogen and oxygen atoms in total. The molecule has 0 aliphatic rings. The highest BCUT2D eigenvalue weighted by Crippen LogP contribution is 2.16. The van der Waals surface area contributed by atoms with Gasteiger partial charge in [-0.2, -0.15) is 0 Å². The summed E-state index contributed by atoms with van der Waals surface area (Å²) in [7, 11) is 1.82. The van der Waals surface area contributed by atoms with Gasteiger partial charge in [0.25, 0.3) is 0 Å². The number of hydrogen-bond acceptors (Lipinski definition) is 2. The summed E-state index contributed by atoms with van der Waals surface area (Å²) in [6, 6.07) is 14.4. The van der Waals surface area contributed by atoms with E-state index in [1.54, 1.807) is 4.90 Å². The van der Waals surface area contributed by atoms with Crippen LogP contribution in [0.5, 0.6) is 0 Å². The Morgan fingerprint density at radius 2 is 1.85 bits per heavy atom. The van der Waals surface area contributed by atoms with Crippen molar-refractivity contribution in [2.24, 2.45) is 5.73 Å². The minimum absolute atomic E-state index is 0. The number of fused-ring (bicyclic) bond motifs is 1. The second kappa shape index (κ2) is 7.27. The average Bonchev–Trinajstić information content (AvgIpc) is 2.37. The van der Waals surface area contributed by atoms with Crippen molar-refractivity contribution in [2.75, 3.05) is 7.05 Å². The maximum absolute atomic E-state index is 11.9. The summed E-state index contributed by atoms with van der Waals surface area (Å²) in [5, 5.41) is 2.42. The fraction of sp³-hybridized carbons (Fsp3) is 0.312. The SMILES string of the molecule is CC(N)CC(=O)N(C)Cc1ccc2ccccc2c1.Cl. The molecule has 0 aliphatic carbocycles. The molecule has 0 aliphatic heterocycles. The predicted molar refractivity (Wildman–Crippen MR) is 85.9 cm³/mol. The van der Waals surface area contributed by atoms with Crippen LogP contribution in [0.1, 0.15) is 18.9 Å². The summed E-state index contributed by atoms with van der Waals surface area (Å²) in [4.78, 5) is 13.6. The quantitative estimate of drug-likeness (QED) is 0.942. The molecule has 0 saturated heterocycles. The van der Waals surface area contributed by atoms with E-state index in [-0.39, 0.29) is 24.4 Å². The smallest absolute Gasteiger partial charge is 0.224 e. The van der Waals surface area contributed by atoms with Gasteiger partial charge in [-0.1, -0.05) is 36.4 Å². The highest BCUT2D eigenvalue weighted by Gasteiger charge is 2.11. The van der Waals surface area contributed by atoms with Crippen LogP contribution in [-0.4, -0.2) is 23.9 Å². The number of carbonyl (C=O) groups excluding carboxylic acids is 1. The van der Waals surface area contributed by atoms with Gasteiger partial charge < -0.3 is 10.6 Å². The van der Waals surface area contributed by atoms with Gasteiger partial charge in [-0.05, 0) is 29.3 Å². The van der Waals surface area contributed by atoms with Crippen LogP contribution >= 0.6 is 12.4 Å². The molecule has 0 fully saturated rings. The summed E-state index contributed by atoms with van der Waals surface area (Å²) in [5.41, 5.74) is 6.79. The Labute approximate surface area is 126 Å². The third-order valence-corrected chi connectivity index (χ3v) is 3.16. The fourth-order valence-corrected chi connectivity index (χ4v) is 2.13. The first-order chi connectivity index (χ1) is 9.06. The number of rotatable bonds is 4. The lowest BCUT2D eigenvalue weighted by Gasteiger charge is -2.18. The molecule has 108 valence electrons. The summed E-state index contributed by atoms with van der Waals surface area (Å²) in [6.45, 7) is 2.47. The molecule has 1 unspecified atom stereocenters. The predicted octanol–water partition coefficient (Wildman–Crippen LogP) is 2.96. The van der Waals surface area contributed by atoms with Gasteiger partial charge in [-0.25, -0.2) is 0 Å². The van der Waals surface area contributed by atoms with Crippen LogP contribution in [0.4, 0.5) is 0 Å². The minimum Gasteiger partial charge on any atom is -0.341 e. The van der Waals surface area contributed by atoms with E-state index in [1.807, 2.05) is 26.1 Å². The standard InChI is InChI=1S/C16H20N2O.ClH/c1-12(17)9-16(19)18(2)11-13-7-8-14-5-3-4-6-15(14)10-13;/h3-8,10,12H,9,11,17H2,1-2H3;1H. The zero-order valence-corrected chi connectivity index (χ0v) is 12.7. The second-order valence-corrected chi connectivity index (χ2v) is 5.11. The topological polar surface area (TPSA) is 46.3 Å². The van der Waals surface area contributed by atoms with Crippen LogP contribution < -0.4 is 5.73 Å². The first-order valence-electron chi connectivity index (χ1n) is 6.53. The van der Waals surface area contributed by atoms with Crippen LogP contribution in [0.2, 0.25) is 0 Å². The van der Waals surface area contributed by atoms with Gasteiger partial charge in [0.15, 0.2) is 0 Å². The lowest BCUT2D eigenvalue weighted by atomic mass is 10.1. The maximum Gasteiger partial charge on any atom is 0.224 e. The van der Waals surface area contributed by atoms with E-state index >= 15 is 0 Å². The highest BCUT2D eigenvalue weighted by molar-refractivity contribution is 5.85. The lowest BCUT2D eigenvalue weighted by Crippen LogP contribution is -2.31. The molecule has 0 aromatic heterocycles. The number of hydrogen-bond donors (Lipinski definition) is 1. The Bertz CT molecular complexity index is 583. The van der Waals surface area contributed by atoms with E-state index in [0.717, 1.165) is 5.56 Å². The first kappa shape index (κ1) is 16.5. The number of benzene rings is 2. The molecular weight excluding hydrogens is 272 g/mol. The van der Waals surface area contributed by atoms with Crippen LogP contribution in [0, 0.1) is 0 Å². The fourth-order valence-electron chi connectivity index (χ4n) is 2.13. The van der Waals surface area contributed by atoms with Crippen LogP contribution in [0.25, 0.3) is 10.8 Å². The van der Waals surface area contributed by atoms with Gasteiger partial charge in [-0.15, -0.1) is 12.4 Å². The molecule has 1 atom stereocenters. The molecule has 4 heteroatoms. The molecular formula is C16H21ClN2O. The molecule has 2 aromatic carbocycles. The van der Waals surface area contributed by atoms with Crippen molar-refractivity contribution in [3.63, 3.8) is 0 Å². The van der Waals surface area contributed by atoms with Crippen molar-refractivity contribution < 1.29 is 4.79 Å². The molecule has 0 radical (unpaired) electrons. The third-order valence-electron chi connectivity index (χ3n) is 3.16. The van der Waals surface area contributed by atoms with Gasteiger partial charge in [0.05, 0.1) is 0 Å². The Hall–Kier alpha value is -1.58. The molecule has 20 heavy (non-hydrogen) atoms. The van der Waals surface area contributed by atoms with E-state index in [0.29, 0.717) is 13.0 Å². The number of carbonyl (C=O) groups is 1. The second-order valence-electron chi connectivity index (χ2n) is 5.11. The summed E-state index contributed by atoms with van der Waals surface area (Å²) < 4.78 is 0. The molecule has 1 amide bonds. The summed E-state index contributed by atoms with van der Waals surface area (Å²) in [5.74, 6) is 0.0863. The lowest BCUT2D eigenvalue weighted by molar-refractivity contribution is -0.130. The van der Waals surface area contributed by atoms with E-state index in [2.05, 4.69) is 30.3 Å². The minimum atomic E-state index is -0.0912. The van der Waals surface area contributed by atoms with Crippen LogP contribution in [0.15, 0.2) is 42.5 Å². The molecule has 0 bridgehead atoms. The first-order valence-corrected chi connectivity index (χ1v) is 6.53. The van der Waals surface area contributed by atoms with Gasteiger partial charge in [-0.3, -0.25) is 4.79 Å². The molecule has 2 aromatic rings. The highest BCUT2D eigenvalue weighted by atomic mass is 35.5. The largest absolute Gasteiger partial charge is 0.341 e. The normalized spacial score (nSPS) is 11.8. The molecule has 2 N–H and O–H groups in total. The van der Waals surface area contributed by atoms with Crippen LogP contribution in [-0.2, 0) is 11.3 Å². The monoisotopic (exact) mass is 292 g/mol. The van der Waals surface area contributed by atoms with Gasteiger partial charge in [0, 0.05) is 26.1 Å². The summed E-state index contributed by atoms with van der Waals surface area (Å²) >= 11 is 0. The van der Waals surface area contributed by atoms with E-state index in [4.69, 9.17) is 5.73 Å². The van der Waals surface area contributed by atoms with E-state index in [9.17, 15) is 4.79 Å². The van der Waals surface area contributed by atoms with Crippen LogP contribution in [0.3, 0.4) is 0 Å². The van der Waals surface area contributed by atoms with Gasteiger partial charge in [0.2, 0.25) is 5.91 Å². The maximum atomic E-state index is 11.9. The Balaban J connectivity index is 0.00000200. The van der Waals surface area contributed by atoms with Crippen molar-refractivity contribution in [3.05, 3.63) is 48.0 Å². The number of halogens is 1. The zero-order valence-electron chi connectivity index (χ0n) is 11.9. The van der Waals surface area contributed by atoms with Crippen molar-refractivity contribution in [1.29, 1.82) is 0 Å². The average molecular weight is 293 g/mol. The summed E-state index contributed by atoms with van der Waals surface area (Å²) in [6.07, 6.45) is 0.393. The van der Waals surface area contributed by atoms with E-state index < -0.39 is 0 Å². The van der Waals surface area contributed by atoms with Crippen molar-refractivity contribution >= 4 is 29.1 Å². The third kappa shape index (κ3) is 4.22. The van der Waals surface area contributed by atoms with Crippen molar-refractivity contribution in [3.8, 4) is 0 Å². The Kier molecular flexibility index (Phi) is 5.99. The van der Waals surface area contributed by atoms with Gasteiger partial charge >= 0.3 is 0 Å². The Morgan fingerprint density at radius 3 is 2.50 bits per heavy atom. The number of amides is 1. The van der Waals surface area contributed by atoms with Gasteiger partial charge in [0.1, 0.15) is 0 Å². The zero-order chi connectivity index (χ0) is 13.8. The van der Waals surface area contributed by atoms with Crippen molar-refractivity contribution in [2.45, 2.75) is 25.9 Å². The molecule has 0 saturated carbocycles. The van der Waals surface area contributed by atoms with E-state index in [1.165, 1.54) is 10.8 Å². The molecule has 0 spiro atoms. The number of nitrogens with two attached hydrogens (primary N) is 1. The number of nitrogens with zero attached hydrogens (tertiary/aromatic N) is 1. The Morgan fingerprint density at radius 1 is 1.20 bits per heavy atom. The molecule has 2 rings (SSSR count). The van der Waals surface area contributed by atoms with Crippen molar-refractivity contribution in [1.82, 2.24) is 4.90 Å².